The van der Waals surface area contributed by atoms with Crippen LogP contribution in [0.3, 0.4) is 0 Å². The quantitative estimate of drug-likeness (QED) is 0.670. The van der Waals surface area contributed by atoms with Crippen LogP contribution in [0.1, 0.15) is 5.56 Å². The van der Waals surface area contributed by atoms with Gasteiger partial charge in [-0.3, -0.25) is 0 Å². The molecule has 70 valence electrons. The molecule has 0 aliphatic rings. The van der Waals surface area contributed by atoms with E-state index in [1.54, 1.807) is 19.4 Å². The van der Waals surface area contributed by atoms with Crippen molar-refractivity contribution in [3.8, 4) is 5.88 Å². The van der Waals surface area contributed by atoms with E-state index in [2.05, 4.69) is 4.98 Å². The van der Waals surface area contributed by atoms with E-state index in [0.29, 0.717) is 12.3 Å². The van der Waals surface area contributed by atoms with E-state index in [-0.39, 0.29) is 0 Å². The summed E-state index contributed by atoms with van der Waals surface area (Å²) in [7, 11) is 1.55. The van der Waals surface area contributed by atoms with Crippen LogP contribution < -0.4 is 10.5 Å². The summed E-state index contributed by atoms with van der Waals surface area (Å²) in [5.74, 6) is 0.559. The molecule has 1 rings (SSSR count). The molecule has 13 heavy (non-hydrogen) atoms. The minimum Gasteiger partial charge on any atom is -0.481 e. The minimum absolute atomic E-state index is 0.449. The Morgan fingerprint density at radius 3 is 2.92 bits per heavy atom. The summed E-state index contributed by atoms with van der Waals surface area (Å²) >= 11 is 0. The first kappa shape index (κ1) is 9.67. The lowest BCUT2D eigenvalue weighted by Crippen LogP contribution is -2.24. The number of hydrogen-bond acceptors (Lipinski definition) is 4. The van der Waals surface area contributed by atoms with Crippen molar-refractivity contribution in [3.63, 3.8) is 0 Å². The van der Waals surface area contributed by atoms with Gasteiger partial charge >= 0.3 is 0 Å². The third-order valence-corrected chi connectivity index (χ3v) is 1.65. The van der Waals surface area contributed by atoms with Crippen molar-refractivity contribution in [2.75, 3.05) is 7.11 Å². The van der Waals surface area contributed by atoms with Gasteiger partial charge in [0.05, 0.1) is 13.2 Å². The number of aldehydes is 1. The molecule has 0 saturated heterocycles. The molecule has 0 bridgehead atoms. The van der Waals surface area contributed by atoms with Crippen LogP contribution in [0, 0.1) is 0 Å². The van der Waals surface area contributed by atoms with Gasteiger partial charge in [-0.15, -0.1) is 0 Å². The number of methoxy groups -OCH3 is 1. The second-order valence-corrected chi connectivity index (χ2v) is 2.71. The van der Waals surface area contributed by atoms with Crippen molar-refractivity contribution < 1.29 is 9.53 Å². The van der Waals surface area contributed by atoms with E-state index in [4.69, 9.17) is 10.5 Å². The summed E-state index contributed by atoms with van der Waals surface area (Å²) in [6, 6.07) is 3.14. The monoisotopic (exact) mass is 180 g/mol. The van der Waals surface area contributed by atoms with Crippen LogP contribution in [0.25, 0.3) is 0 Å². The molecule has 0 aliphatic heterocycles. The second-order valence-electron chi connectivity index (χ2n) is 2.71. The zero-order valence-electron chi connectivity index (χ0n) is 7.43. The molecular formula is C9H12N2O2. The lowest BCUT2D eigenvalue weighted by atomic mass is 10.1. The predicted molar refractivity (Wildman–Crippen MR) is 48.5 cm³/mol. The van der Waals surface area contributed by atoms with Crippen LogP contribution in [-0.4, -0.2) is 24.4 Å². The molecule has 0 spiro atoms. The fourth-order valence-electron chi connectivity index (χ4n) is 0.973. The number of carbonyl (C=O) groups is 1. The summed E-state index contributed by atoms with van der Waals surface area (Å²) in [5.41, 5.74) is 6.38. The second kappa shape index (κ2) is 4.57. The van der Waals surface area contributed by atoms with Crippen molar-refractivity contribution >= 4 is 6.29 Å². The highest BCUT2D eigenvalue weighted by molar-refractivity contribution is 5.57. The van der Waals surface area contributed by atoms with Crippen molar-refractivity contribution in [3.05, 3.63) is 23.9 Å². The fourth-order valence-corrected chi connectivity index (χ4v) is 0.973. The summed E-state index contributed by atoms with van der Waals surface area (Å²) in [6.45, 7) is 0. The Morgan fingerprint density at radius 2 is 2.46 bits per heavy atom. The molecule has 1 atom stereocenters. The van der Waals surface area contributed by atoms with Gasteiger partial charge in [0, 0.05) is 12.3 Å². The van der Waals surface area contributed by atoms with Gasteiger partial charge in [0.15, 0.2) is 0 Å². The number of nitrogens with zero attached hydrogens (tertiary/aromatic N) is 1. The Bertz CT molecular complexity index is 271. The molecule has 1 aromatic heterocycles. The van der Waals surface area contributed by atoms with Crippen LogP contribution in [-0.2, 0) is 11.2 Å². The van der Waals surface area contributed by atoms with Gasteiger partial charge in [-0.1, -0.05) is 6.07 Å². The molecule has 0 amide bonds. The molecule has 0 radical (unpaired) electrons. The standard InChI is InChI=1S/C9H12N2O2/c1-13-9-3-2-7(5-11-9)4-8(10)6-12/h2-3,5-6,8H,4,10H2,1H3. The maximum Gasteiger partial charge on any atom is 0.212 e. The first-order valence-electron chi connectivity index (χ1n) is 3.96. The molecule has 0 aliphatic carbocycles. The topological polar surface area (TPSA) is 65.2 Å². The summed E-state index contributed by atoms with van der Waals surface area (Å²) < 4.78 is 4.89. The molecule has 1 heterocycles. The van der Waals surface area contributed by atoms with Crippen LogP contribution >= 0.6 is 0 Å². The van der Waals surface area contributed by atoms with Gasteiger partial charge in [-0.25, -0.2) is 4.98 Å². The molecule has 0 saturated carbocycles. The summed E-state index contributed by atoms with van der Waals surface area (Å²) in [4.78, 5) is 14.3. The Labute approximate surface area is 76.7 Å². The summed E-state index contributed by atoms with van der Waals surface area (Å²) in [6.07, 6.45) is 2.90. The predicted octanol–water partition coefficient (Wildman–Crippen LogP) is 0.159. The van der Waals surface area contributed by atoms with E-state index >= 15 is 0 Å². The van der Waals surface area contributed by atoms with Gasteiger partial charge in [-0.05, 0) is 12.0 Å². The zero-order valence-corrected chi connectivity index (χ0v) is 7.43. The normalized spacial score (nSPS) is 12.2. The lowest BCUT2D eigenvalue weighted by Gasteiger charge is -2.04. The number of rotatable bonds is 4. The zero-order chi connectivity index (χ0) is 9.68. The van der Waals surface area contributed by atoms with E-state index in [9.17, 15) is 4.79 Å². The largest absolute Gasteiger partial charge is 0.481 e. The lowest BCUT2D eigenvalue weighted by molar-refractivity contribution is -0.108. The third-order valence-electron chi connectivity index (χ3n) is 1.65. The molecule has 0 aromatic carbocycles. The Kier molecular flexibility index (Phi) is 3.40. The molecule has 4 nitrogen and oxygen atoms in total. The van der Waals surface area contributed by atoms with Crippen molar-refractivity contribution in [2.24, 2.45) is 5.73 Å². The van der Waals surface area contributed by atoms with Crippen molar-refractivity contribution in [1.82, 2.24) is 4.98 Å². The summed E-state index contributed by atoms with van der Waals surface area (Å²) in [5, 5.41) is 0. The highest BCUT2D eigenvalue weighted by Gasteiger charge is 2.02. The first-order valence-corrected chi connectivity index (χ1v) is 3.96. The molecule has 1 unspecified atom stereocenters. The van der Waals surface area contributed by atoms with Crippen molar-refractivity contribution in [1.29, 1.82) is 0 Å². The number of carbonyl (C=O) groups excluding carboxylic acids is 1. The van der Waals surface area contributed by atoms with Gasteiger partial charge < -0.3 is 15.3 Å². The molecular weight excluding hydrogens is 168 g/mol. The SMILES string of the molecule is COc1ccc(CC(N)C=O)cn1. The number of pyridine rings is 1. The first-order chi connectivity index (χ1) is 6.26. The number of ether oxygens (including phenoxy) is 1. The minimum atomic E-state index is -0.449. The highest BCUT2D eigenvalue weighted by atomic mass is 16.5. The Hall–Kier alpha value is -1.42. The number of nitrogens with two attached hydrogens (primary N) is 1. The Morgan fingerprint density at radius 1 is 1.69 bits per heavy atom. The number of aromatic nitrogens is 1. The van der Waals surface area contributed by atoms with Crippen LogP contribution in [0.2, 0.25) is 0 Å². The van der Waals surface area contributed by atoms with Gasteiger partial charge in [0.1, 0.15) is 6.29 Å². The van der Waals surface area contributed by atoms with Gasteiger partial charge in [0.25, 0.3) is 0 Å². The van der Waals surface area contributed by atoms with E-state index in [1.165, 1.54) is 0 Å². The fraction of sp³-hybridized carbons (Fsp3) is 0.333. The maximum absolute atomic E-state index is 10.3. The molecule has 4 heteroatoms. The van der Waals surface area contributed by atoms with Crippen LogP contribution in [0.5, 0.6) is 5.88 Å². The van der Waals surface area contributed by atoms with E-state index < -0.39 is 6.04 Å². The van der Waals surface area contributed by atoms with Gasteiger partial charge in [-0.2, -0.15) is 0 Å². The highest BCUT2D eigenvalue weighted by Crippen LogP contribution is 2.07. The van der Waals surface area contributed by atoms with Crippen LogP contribution in [0.4, 0.5) is 0 Å². The molecule has 2 N–H and O–H groups in total. The van der Waals surface area contributed by atoms with E-state index in [0.717, 1.165) is 11.8 Å². The third kappa shape index (κ3) is 2.83. The molecule has 1 aromatic rings. The molecule has 0 fully saturated rings. The van der Waals surface area contributed by atoms with Crippen molar-refractivity contribution in [2.45, 2.75) is 12.5 Å². The number of hydrogen-bond donors (Lipinski definition) is 1. The van der Waals surface area contributed by atoms with Gasteiger partial charge in [0.2, 0.25) is 5.88 Å². The maximum atomic E-state index is 10.3. The average Bonchev–Trinajstić information content (AvgIpc) is 2.19. The van der Waals surface area contributed by atoms with Crippen LogP contribution in [0.15, 0.2) is 18.3 Å². The smallest absolute Gasteiger partial charge is 0.212 e. The van der Waals surface area contributed by atoms with E-state index in [1.807, 2.05) is 6.07 Å². The Balaban J connectivity index is 2.63. The average molecular weight is 180 g/mol.